The molecular weight excluding hydrogens is 440 g/mol. The fraction of sp³-hybridized carbons (Fsp3) is 0.231. The molecule has 0 unspecified atom stereocenters. The van der Waals surface area contributed by atoms with E-state index in [4.69, 9.17) is 21.2 Å². The fourth-order valence-electron chi connectivity index (χ4n) is 4.41. The molecule has 2 aliphatic heterocycles. The summed E-state index contributed by atoms with van der Waals surface area (Å²) in [7, 11) is 0. The number of hydroxylamine groups is 1. The first kappa shape index (κ1) is 21.5. The standard InChI is InChI=1S/C26H23ClN2O4/c1-2-16-32-19-14-12-17(13-15-19)28-25(30)22-23(20-10-6-7-11-21(20)27)29(33-24(22)26(28)31)18-8-4-3-5-9-18/h3-15,22-24H,2,16H2,1H3/t22-,23+,24-/m1/s1. The first-order chi connectivity index (χ1) is 16.1. The van der Waals surface area contributed by atoms with Crippen molar-refractivity contribution in [2.75, 3.05) is 16.6 Å². The number of para-hydroxylation sites is 1. The van der Waals surface area contributed by atoms with Gasteiger partial charge < -0.3 is 4.74 Å². The van der Waals surface area contributed by atoms with E-state index < -0.39 is 18.1 Å². The van der Waals surface area contributed by atoms with E-state index in [-0.39, 0.29) is 11.8 Å². The van der Waals surface area contributed by atoms with Crippen LogP contribution in [0.5, 0.6) is 5.75 Å². The summed E-state index contributed by atoms with van der Waals surface area (Å²) in [5.41, 5.74) is 1.99. The van der Waals surface area contributed by atoms with Crippen molar-refractivity contribution in [2.24, 2.45) is 5.92 Å². The van der Waals surface area contributed by atoms with Crippen molar-refractivity contribution >= 4 is 34.8 Å². The van der Waals surface area contributed by atoms with Crippen LogP contribution in [0.2, 0.25) is 5.02 Å². The van der Waals surface area contributed by atoms with Gasteiger partial charge in [0.25, 0.3) is 5.91 Å². The van der Waals surface area contributed by atoms with Crippen molar-refractivity contribution in [1.82, 2.24) is 0 Å². The molecule has 0 N–H and O–H groups in total. The molecule has 33 heavy (non-hydrogen) atoms. The third kappa shape index (κ3) is 3.75. The van der Waals surface area contributed by atoms with Gasteiger partial charge >= 0.3 is 0 Å². The van der Waals surface area contributed by atoms with Crippen molar-refractivity contribution in [3.8, 4) is 5.75 Å². The summed E-state index contributed by atoms with van der Waals surface area (Å²) in [6.45, 7) is 2.64. The van der Waals surface area contributed by atoms with Gasteiger partial charge in [-0.25, -0.2) is 9.96 Å². The Labute approximate surface area is 197 Å². The Morgan fingerprint density at radius 3 is 2.27 bits per heavy atom. The van der Waals surface area contributed by atoms with Gasteiger partial charge in [-0.3, -0.25) is 14.4 Å². The highest BCUT2D eigenvalue weighted by atomic mass is 35.5. The fourth-order valence-corrected chi connectivity index (χ4v) is 4.66. The molecular formula is C26H23ClN2O4. The first-order valence-corrected chi connectivity index (χ1v) is 11.3. The van der Waals surface area contributed by atoms with Crippen molar-refractivity contribution in [3.63, 3.8) is 0 Å². The van der Waals surface area contributed by atoms with Crippen LogP contribution >= 0.6 is 11.6 Å². The largest absolute Gasteiger partial charge is 0.494 e. The zero-order valence-corrected chi connectivity index (χ0v) is 18.8. The van der Waals surface area contributed by atoms with Crippen LogP contribution in [0.25, 0.3) is 0 Å². The van der Waals surface area contributed by atoms with E-state index >= 15 is 0 Å². The summed E-state index contributed by atoms with van der Waals surface area (Å²) in [4.78, 5) is 34.4. The molecule has 2 amide bonds. The smallest absolute Gasteiger partial charge is 0.266 e. The first-order valence-electron chi connectivity index (χ1n) is 11.0. The van der Waals surface area contributed by atoms with Crippen LogP contribution in [0.3, 0.4) is 0 Å². The van der Waals surface area contributed by atoms with Crippen LogP contribution in [-0.4, -0.2) is 24.5 Å². The lowest BCUT2D eigenvalue weighted by Crippen LogP contribution is -2.37. The van der Waals surface area contributed by atoms with Crippen molar-refractivity contribution in [1.29, 1.82) is 0 Å². The lowest BCUT2D eigenvalue weighted by Gasteiger charge is -2.29. The van der Waals surface area contributed by atoms with Crippen LogP contribution < -0.4 is 14.7 Å². The van der Waals surface area contributed by atoms with Crippen LogP contribution in [-0.2, 0) is 14.4 Å². The van der Waals surface area contributed by atoms with E-state index in [0.717, 1.165) is 17.7 Å². The SMILES string of the molecule is CCCOc1ccc(N2C(=O)[C@H]3[C@@H](ON(c4ccccc4)[C@H]3c3ccccc3Cl)C2=O)cc1. The Morgan fingerprint density at radius 2 is 1.58 bits per heavy atom. The minimum Gasteiger partial charge on any atom is -0.494 e. The molecule has 2 fully saturated rings. The summed E-state index contributed by atoms with van der Waals surface area (Å²) in [5.74, 6) is -0.729. The number of benzene rings is 3. The number of ether oxygens (including phenoxy) is 1. The number of hydrogen-bond acceptors (Lipinski definition) is 5. The number of carbonyl (C=O) groups excluding carboxylic acids is 2. The van der Waals surface area contributed by atoms with E-state index in [0.29, 0.717) is 23.1 Å². The van der Waals surface area contributed by atoms with Crippen molar-refractivity contribution < 1.29 is 19.2 Å². The summed E-state index contributed by atoms with van der Waals surface area (Å²) in [5, 5.41) is 2.16. The Kier molecular flexibility index (Phi) is 5.79. The number of imide groups is 1. The molecule has 2 aliphatic rings. The molecule has 3 aromatic rings. The maximum absolute atomic E-state index is 13.7. The predicted octanol–water partition coefficient (Wildman–Crippen LogP) is 5.18. The third-order valence-corrected chi connectivity index (χ3v) is 6.26. The van der Waals surface area contributed by atoms with Gasteiger partial charge in [0, 0.05) is 5.02 Å². The highest BCUT2D eigenvalue weighted by molar-refractivity contribution is 6.31. The van der Waals surface area contributed by atoms with Gasteiger partial charge in [0.05, 0.1) is 24.0 Å². The van der Waals surface area contributed by atoms with E-state index in [9.17, 15) is 9.59 Å². The monoisotopic (exact) mass is 462 g/mol. The molecule has 3 atom stereocenters. The van der Waals surface area contributed by atoms with Gasteiger partial charge in [-0.05, 0) is 54.4 Å². The summed E-state index contributed by atoms with van der Waals surface area (Å²) in [6.07, 6.45) is -0.0395. The normalized spacial score (nSPS) is 22.1. The lowest BCUT2D eigenvalue weighted by molar-refractivity contribution is -0.126. The summed E-state index contributed by atoms with van der Waals surface area (Å²) in [6, 6.07) is 23.2. The average Bonchev–Trinajstić information content (AvgIpc) is 3.35. The minimum atomic E-state index is -0.935. The van der Waals surface area contributed by atoms with E-state index in [1.807, 2.05) is 55.5 Å². The Hall–Kier alpha value is -3.35. The summed E-state index contributed by atoms with van der Waals surface area (Å²) >= 11 is 6.54. The second-order valence-electron chi connectivity index (χ2n) is 8.03. The maximum Gasteiger partial charge on any atom is 0.266 e. The highest BCUT2D eigenvalue weighted by Gasteiger charge is 2.60. The topological polar surface area (TPSA) is 59.1 Å². The zero-order valence-electron chi connectivity index (χ0n) is 18.1. The summed E-state index contributed by atoms with van der Waals surface area (Å²) < 4.78 is 5.62. The zero-order chi connectivity index (χ0) is 22.9. The number of fused-ring (bicyclic) bond motifs is 1. The van der Waals surface area contributed by atoms with Crippen molar-refractivity contribution in [2.45, 2.75) is 25.5 Å². The second kappa shape index (κ2) is 8.89. The van der Waals surface area contributed by atoms with Gasteiger partial charge in [0.2, 0.25) is 5.91 Å². The molecule has 5 rings (SSSR count). The molecule has 168 valence electrons. The second-order valence-corrected chi connectivity index (χ2v) is 8.44. The number of amides is 2. The number of nitrogens with zero attached hydrogens (tertiary/aromatic N) is 2. The molecule has 0 saturated carbocycles. The predicted molar refractivity (Wildman–Crippen MR) is 126 cm³/mol. The van der Waals surface area contributed by atoms with Crippen LogP contribution in [0, 0.1) is 5.92 Å². The number of hydrogen-bond donors (Lipinski definition) is 0. The van der Waals surface area contributed by atoms with Crippen molar-refractivity contribution in [3.05, 3.63) is 89.4 Å². The number of rotatable bonds is 6. The molecule has 2 heterocycles. The van der Waals surface area contributed by atoms with Gasteiger partial charge in [-0.15, -0.1) is 0 Å². The Morgan fingerprint density at radius 1 is 0.879 bits per heavy atom. The number of anilines is 2. The van der Waals surface area contributed by atoms with E-state index in [1.54, 1.807) is 35.4 Å². The number of carbonyl (C=O) groups is 2. The van der Waals surface area contributed by atoms with Gasteiger partial charge in [-0.1, -0.05) is 54.9 Å². The van der Waals surface area contributed by atoms with Gasteiger partial charge in [0.1, 0.15) is 11.7 Å². The molecule has 0 spiro atoms. The van der Waals surface area contributed by atoms with Crippen LogP contribution in [0.4, 0.5) is 11.4 Å². The molecule has 2 saturated heterocycles. The van der Waals surface area contributed by atoms with Gasteiger partial charge in [0.15, 0.2) is 6.10 Å². The van der Waals surface area contributed by atoms with E-state index in [2.05, 4.69) is 0 Å². The third-order valence-electron chi connectivity index (χ3n) is 5.92. The number of halogens is 1. The Balaban J connectivity index is 1.51. The molecule has 3 aromatic carbocycles. The lowest BCUT2D eigenvalue weighted by atomic mass is 9.90. The molecule has 7 heteroatoms. The van der Waals surface area contributed by atoms with Gasteiger partial charge in [-0.2, -0.15) is 0 Å². The average molecular weight is 463 g/mol. The molecule has 0 aromatic heterocycles. The van der Waals surface area contributed by atoms with Crippen LogP contribution in [0.1, 0.15) is 24.9 Å². The quantitative estimate of drug-likeness (QED) is 0.472. The highest BCUT2D eigenvalue weighted by Crippen LogP contribution is 2.48. The maximum atomic E-state index is 13.7. The molecule has 6 nitrogen and oxygen atoms in total. The molecule has 0 aliphatic carbocycles. The molecule has 0 radical (unpaired) electrons. The van der Waals surface area contributed by atoms with E-state index in [1.165, 1.54) is 4.90 Å². The molecule has 0 bridgehead atoms. The Bertz CT molecular complexity index is 1170. The van der Waals surface area contributed by atoms with Crippen LogP contribution in [0.15, 0.2) is 78.9 Å². The minimum absolute atomic E-state index is 0.310.